The molecule has 1 amide bonds. The van der Waals surface area contributed by atoms with Gasteiger partial charge in [-0.05, 0) is 17.7 Å². The molecule has 6 heteroatoms. The van der Waals surface area contributed by atoms with Crippen LogP contribution in [0.2, 0.25) is 5.02 Å². The molecule has 2 N–H and O–H groups in total. The summed E-state index contributed by atoms with van der Waals surface area (Å²) in [5, 5.41) is 0.756. The van der Waals surface area contributed by atoms with Crippen LogP contribution in [0.1, 0.15) is 5.56 Å². The number of rotatable bonds is 5. The maximum absolute atomic E-state index is 12.1. The van der Waals surface area contributed by atoms with Gasteiger partial charge in [-0.3, -0.25) is 9.69 Å². The Hall–Kier alpha value is -1.14. The first-order chi connectivity index (χ1) is 10.1. The van der Waals surface area contributed by atoms with Gasteiger partial charge in [0, 0.05) is 44.9 Å². The lowest BCUT2D eigenvalue weighted by Crippen LogP contribution is -2.53. The Kier molecular flexibility index (Phi) is 5.99. The Morgan fingerprint density at radius 1 is 1.38 bits per heavy atom. The van der Waals surface area contributed by atoms with Gasteiger partial charge in [0.15, 0.2) is 0 Å². The standard InChI is InChI=1S/C15H22ClN3O2/c1-21-11-14(17)15(20)19-7-5-18(6-8-19)10-12-3-2-4-13(16)9-12/h2-4,9,14H,5-8,10-11,17H2,1H3. The minimum Gasteiger partial charge on any atom is -0.383 e. The summed E-state index contributed by atoms with van der Waals surface area (Å²) in [6.45, 7) is 4.22. The molecule has 0 saturated carbocycles. The average molecular weight is 312 g/mol. The number of amides is 1. The summed E-state index contributed by atoms with van der Waals surface area (Å²) in [4.78, 5) is 16.2. The fourth-order valence-electron chi connectivity index (χ4n) is 2.51. The van der Waals surface area contributed by atoms with E-state index in [0.29, 0.717) is 13.1 Å². The second kappa shape index (κ2) is 7.75. The monoisotopic (exact) mass is 311 g/mol. The van der Waals surface area contributed by atoms with Crippen LogP contribution >= 0.6 is 11.6 Å². The Morgan fingerprint density at radius 3 is 2.71 bits per heavy atom. The number of ether oxygens (including phenoxy) is 1. The molecule has 1 aliphatic rings. The summed E-state index contributed by atoms with van der Waals surface area (Å²) >= 11 is 5.99. The number of piperazine rings is 1. The second-order valence-electron chi connectivity index (χ2n) is 5.29. The van der Waals surface area contributed by atoms with Crippen molar-refractivity contribution in [3.05, 3.63) is 34.9 Å². The number of carbonyl (C=O) groups is 1. The van der Waals surface area contributed by atoms with Crippen molar-refractivity contribution in [2.75, 3.05) is 39.9 Å². The van der Waals surface area contributed by atoms with E-state index in [4.69, 9.17) is 22.1 Å². The molecular weight excluding hydrogens is 290 g/mol. The molecule has 1 unspecified atom stereocenters. The summed E-state index contributed by atoms with van der Waals surface area (Å²) < 4.78 is 4.93. The molecule has 1 aliphatic heterocycles. The number of hydrogen-bond acceptors (Lipinski definition) is 4. The van der Waals surface area contributed by atoms with E-state index >= 15 is 0 Å². The zero-order valence-corrected chi connectivity index (χ0v) is 13.1. The summed E-state index contributed by atoms with van der Waals surface area (Å²) in [7, 11) is 1.55. The molecular formula is C15H22ClN3O2. The van der Waals surface area contributed by atoms with Gasteiger partial charge in [0.1, 0.15) is 6.04 Å². The maximum Gasteiger partial charge on any atom is 0.241 e. The second-order valence-corrected chi connectivity index (χ2v) is 5.73. The van der Waals surface area contributed by atoms with Crippen LogP contribution in [-0.2, 0) is 16.1 Å². The van der Waals surface area contributed by atoms with Crippen LogP contribution in [0.4, 0.5) is 0 Å². The first kappa shape index (κ1) is 16.2. The zero-order chi connectivity index (χ0) is 15.2. The van der Waals surface area contributed by atoms with E-state index in [1.807, 2.05) is 23.1 Å². The Bertz CT molecular complexity index is 476. The van der Waals surface area contributed by atoms with Gasteiger partial charge in [-0.25, -0.2) is 0 Å². The molecule has 1 atom stereocenters. The molecule has 1 aromatic rings. The normalized spacial score (nSPS) is 17.8. The largest absolute Gasteiger partial charge is 0.383 e. The van der Waals surface area contributed by atoms with E-state index in [9.17, 15) is 4.79 Å². The Balaban J connectivity index is 1.82. The van der Waals surface area contributed by atoms with Crippen LogP contribution in [0.15, 0.2) is 24.3 Å². The van der Waals surface area contributed by atoms with Crippen molar-refractivity contribution in [2.24, 2.45) is 5.73 Å². The molecule has 1 saturated heterocycles. The fraction of sp³-hybridized carbons (Fsp3) is 0.533. The molecule has 2 rings (SSSR count). The highest BCUT2D eigenvalue weighted by molar-refractivity contribution is 6.30. The molecule has 0 aromatic heterocycles. The van der Waals surface area contributed by atoms with Crippen molar-refractivity contribution in [3.8, 4) is 0 Å². The van der Waals surface area contributed by atoms with Gasteiger partial charge < -0.3 is 15.4 Å². The molecule has 1 aromatic carbocycles. The predicted molar refractivity (Wildman–Crippen MR) is 83.2 cm³/mol. The predicted octanol–water partition coefficient (Wildman–Crippen LogP) is 0.958. The smallest absolute Gasteiger partial charge is 0.241 e. The van der Waals surface area contributed by atoms with Crippen LogP contribution < -0.4 is 5.73 Å². The van der Waals surface area contributed by atoms with Crippen LogP contribution in [-0.4, -0.2) is 61.6 Å². The third-order valence-electron chi connectivity index (χ3n) is 3.64. The number of halogens is 1. The van der Waals surface area contributed by atoms with Gasteiger partial charge in [0.05, 0.1) is 6.61 Å². The van der Waals surface area contributed by atoms with Gasteiger partial charge in [-0.15, -0.1) is 0 Å². The number of hydrogen-bond donors (Lipinski definition) is 1. The summed E-state index contributed by atoms with van der Waals surface area (Å²) in [5.74, 6) is -0.0285. The number of carbonyl (C=O) groups excluding carboxylic acids is 1. The minimum absolute atomic E-state index is 0.0285. The highest BCUT2D eigenvalue weighted by Gasteiger charge is 2.25. The van der Waals surface area contributed by atoms with Crippen molar-refractivity contribution in [2.45, 2.75) is 12.6 Å². The number of nitrogens with two attached hydrogens (primary N) is 1. The van der Waals surface area contributed by atoms with Crippen LogP contribution in [0.5, 0.6) is 0 Å². The van der Waals surface area contributed by atoms with E-state index in [0.717, 1.165) is 24.7 Å². The lowest BCUT2D eigenvalue weighted by Gasteiger charge is -2.35. The molecule has 0 spiro atoms. The van der Waals surface area contributed by atoms with Gasteiger partial charge in [0.25, 0.3) is 0 Å². The SMILES string of the molecule is COCC(N)C(=O)N1CCN(Cc2cccc(Cl)c2)CC1. The van der Waals surface area contributed by atoms with E-state index in [2.05, 4.69) is 11.0 Å². The summed E-state index contributed by atoms with van der Waals surface area (Å²) in [5.41, 5.74) is 6.98. The van der Waals surface area contributed by atoms with Crippen molar-refractivity contribution >= 4 is 17.5 Å². The first-order valence-electron chi connectivity index (χ1n) is 7.10. The zero-order valence-electron chi connectivity index (χ0n) is 12.3. The molecule has 0 radical (unpaired) electrons. The fourth-order valence-corrected chi connectivity index (χ4v) is 2.72. The minimum atomic E-state index is -0.561. The lowest BCUT2D eigenvalue weighted by atomic mass is 10.2. The van der Waals surface area contributed by atoms with E-state index in [-0.39, 0.29) is 12.5 Å². The molecule has 5 nitrogen and oxygen atoms in total. The van der Waals surface area contributed by atoms with Crippen molar-refractivity contribution < 1.29 is 9.53 Å². The molecule has 116 valence electrons. The van der Waals surface area contributed by atoms with E-state index in [1.54, 1.807) is 7.11 Å². The molecule has 0 bridgehead atoms. The molecule has 1 fully saturated rings. The van der Waals surface area contributed by atoms with Gasteiger partial charge >= 0.3 is 0 Å². The maximum atomic E-state index is 12.1. The topological polar surface area (TPSA) is 58.8 Å². The van der Waals surface area contributed by atoms with Crippen molar-refractivity contribution in [1.82, 2.24) is 9.80 Å². The third kappa shape index (κ3) is 4.68. The van der Waals surface area contributed by atoms with Gasteiger partial charge in [-0.1, -0.05) is 23.7 Å². The van der Waals surface area contributed by atoms with Gasteiger partial charge in [0.2, 0.25) is 5.91 Å². The van der Waals surface area contributed by atoms with Gasteiger partial charge in [-0.2, -0.15) is 0 Å². The molecule has 21 heavy (non-hydrogen) atoms. The Labute approximate surface area is 130 Å². The highest BCUT2D eigenvalue weighted by atomic mass is 35.5. The first-order valence-corrected chi connectivity index (χ1v) is 7.48. The number of benzene rings is 1. The van der Waals surface area contributed by atoms with Crippen molar-refractivity contribution in [1.29, 1.82) is 0 Å². The lowest BCUT2D eigenvalue weighted by molar-refractivity contribution is -0.135. The van der Waals surface area contributed by atoms with Crippen LogP contribution in [0.3, 0.4) is 0 Å². The number of methoxy groups -OCH3 is 1. The van der Waals surface area contributed by atoms with Crippen molar-refractivity contribution in [3.63, 3.8) is 0 Å². The quantitative estimate of drug-likeness (QED) is 0.880. The Morgan fingerprint density at radius 2 is 2.10 bits per heavy atom. The third-order valence-corrected chi connectivity index (χ3v) is 3.88. The van der Waals surface area contributed by atoms with Crippen LogP contribution in [0, 0.1) is 0 Å². The summed E-state index contributed by atoms with van der Waals surface area (Å²) in [6.07, 6.45) is 0. The van der Waals surface area contributed by atoms with Crippen LogP contribution in [0.25, 0.3) is 0 Å². The molecule has 1 heterocycles. The number of nitrogens with zero attached hydrogens (tertiary/aromatic N) is 2. The van der Waals surface area contributed by atoms with E-state index in [1.165, 1.54) is 5.56 Å². The van der Waals surface area contributed by atoms with E-state index < -0.39 is 6.04 Å². The average Bonchev–Trinajstić information content (AvgIpc) is 2.47. The summed E-state index contributed by atoms with van der Waals surface area (Å²) in [6, 6.07) is 7.32. The highest BCUT2D eigenvalue weighted by Crippen LogP contribution is 2.14. The molecule has 0 aliphatic carbocycles.